The lowest BCUT2D eigenvalue weighted by Gasteiger charge is -2.03. The molecule has 0 aliphatic carbocycles. The molecular formula is C13H11ClN2O3S. The molecule has 0 atom stereocenters. The Kier molecular flexibility index (Phi) is 4.36. The lowest BCUT2D eigenvalue weighted by atomic mass is 10.2. The van der Waals surface area contributed by atoms with E-state index in [-0.39, 0.29) is 11.3 Å². The molecule has 20 heavy (non-hydrogen) atoms. The number of anilines is 1. The van der Waals surface area contributed by atoms with Crippen LogP contribution in [0.15, 0.2) is 24.4 Å². The highest BCUT2D eigenvalue weighted by molar-refractivity contribution is 7.16. The van der Waals surface area contributed by atoms with E-state index in [2.05, 4.69) is 10.3 Å². The van der Waals surface area contributed by atoms with Crippen LogP contribution in [-0.4, -0.2) is 22.0 Å². The normalized spacial score (nSPS) is 10.3. The smallest absolute Gasteiger partial charge is 0.338 e. The van der Waals surface area contributed by atoms with E-state index in [0.717, 1.165) is 4.88 Å². The number of thiophene rings is 1. The number of hydrogen-bond donors (Lipinski definition) is 2. The van der Waals surface area contributed by atoms with Crippen LogP contribution in [0.3, 0.4) is 0 Å². The number of aromatic nitrogens is 1. The van der Waals surface area contributed by atoms with E-state index >= 15 is 0 Å². The highest BCUT2D eigenvalue weighted by Crippen LogP contribution is 2.29. The predicted molar refractivity (Wildman–Crippen MR) is 77.9 cm³/mol. The van der Waals surface area contributed by atoms with Crippen molar-refractivity contribution >= 4 is 39.8 Å². The van der Waals surface area contributed by atoms with Crippen LogP contribution in [0.25, 0.3) is 0 Å². The average molecular weight is 311 g/mol. The van der Waals surface area contributed by atoms with Crippen molar-refractivity contribution in [1.29, 1.82) is 0 Å². The van der Waals surface area contributed by atoms with Gasteiger partial charge in [-0.05, 0) is 24.6 Å². The van der Waals surface area contributed by atoms with Gasteiger partial charge in [0.05, 0.1) is 5.56 Å². The van der Waals surface area contributed by atoms with Crippen LogP contribution in [0, 0.1) is 0 Å². The SMILES string of the molecule is CCc1cc(C(=O)O)c(NC(=O)c2cc(Cl)ccn2)s1. The van der Waals surface area contributed by atoms with Crippen LogP contribution in [0.1, 0.15) is 32.6 Å². The second-order valence-corrected chi connectivity index (χ2v) is 5.50. The van der Waals surface area contributed by atoms with E-state index in [1.54, 1.807) is 12.1 Å². The third-order valence-electron chi connectivity index (χ3n) is 2.54. The first kappa shape index (κ1) is 14.5. The zero-order valence-electron chi connectivity index (χ0n) is 10.5. The van der Waals surface area contributed by atoms with Gasteiger partial charge in [-0.25, -0.2) is 4.79 Å². The number of nitrogens with zero attached hydrogens (tertiary/aromatic N) is 1. The van der Waals surface area contributed by atoms with E-state index in [4.69, 9.17) is 16.7 Å². The number of halogens is 1. The second-order valence-electron chi connectivity index (χ2n) is 3.93. The fraction of sp³-hybridized carbons (Fsp3) is 0.154. The molecule has 2 rings (SSSR count). The molecule has 0 unspecified atom stereocenters. The van der Waals surface area contributed by atoms with Gasteiger partial charge in [0.2, 0.25) is 0 Å². The number of carboxylic acids is 1. The third kappa shape index (κ3) is 3.15. The van der Waals surface area contributed by atoms with Gasteiger partial charge in [0.1, 0.15) is 10.7 Å². The molecule has 0 aliphatic rings. The van der Waals surface area contributed by atoms with E-state index in [9.17, 15) is 9.59 Å². The molecule has 0 saturated carbocycles. The zero-order valence-corrected chi connectivity index (χ0v) is 12.1. The minimum absolute atomic E-state index is 0.0854. The van der Waals surface area contributed by atoms with Crippen LogP contribution >= 0.6 is 22.9 Å². The Labute approximate surface area is 124 Å². The first-order valence-corrected chi connectivity index (χ1v) is 6.99. The highest BCUT2D eigenvalue weighted by Gasteiger charge is 2.18. The predicted octanol–water partition coefficient (Wildman–Crippen LogP) is 3.31. The van der Waals surface area contributed by atoms with Gasteiger partial charge >= 0.3 is 5.97 Å². The molecule has 7 heteroatoms. The molecule has 2 aromatic heterocycles. The molecule has 1 amide bonds. The van der Waals surface area contributed by atoms with Gasteiger partial charge in [-0.1, -0.05) is 18.5 Å². The van der Waals surface area contributed by atoms with Crippen LogP contribution in [0.2, 0.25) is 5.02 Å². The topological polar surface area (TPSA) is 79.3 Å². The minimum Gasteiger partial charge on any atom is -0.478 e. The van der Waals surface area contributed by atoms with Crippen LogP contribution in [-0.2, 0) is 6.42 Å². The van der Waals surface area contributed by atoms with Crippen molar-refractivity contribution in [3.8, 4) is 0 Å². The fourth-order valence-corrected chi connectivity index (χ4v) is 2.71. The summed E-state index contributed by atoms with van der Waals surface area (Å²) in [6.45, 7) is 1.92. The lowest BCUT2D eigenvalue weighted by Crippen LogP contribution is -2.14. The van der Waals surface area contributed by atoms with Crippen molar-refractivity contribution in [3.63, 3.8) is 0 Å². The Hall–Kier alpha value is -1.92. The van der Waals surface area contributed by atoms with Crippen molar-refractivity contribution < 1.29 is 14.7 Å². The van der Waals surface area contributed by atoms with Crippen molar-refractivity contribution in [2.45, 2.75) is 13.3 Å². The molecule has 2 aromatic rings. The first-order chi connectivity index (χ1) is 9.51. The summed E-state index contributed by atoms with van der Waals surface area (Å²) < 4.78 is 0. The number of nitrogens with one attached hydrogen (secondary N) is 1. The maximum absolute atomic E-state index is 12.0. The van der Waals surface area contributed by atoms with Crippen LogP contribution in [0.5, 0.6) is 0 Å². The van der Waals surface area contributed by atoms with Gasteiger partial charge in [-0.2, -0.15) is 0 Å². The summed E-state index contributed by atoms with van der Waals surface area (Å²) in [6.07, 6.45) is 2.12. The summed E-state index contributed by atoms with van der Waals surface area (Å²) in [5.41, 5.74) is 0.225. The second kappa shape index (κ2) is 6.02. The molecule has 0 aromatic carbocycles. The number of aromatic carboxylic acids is 1. The Bertz CT molecular complexity index is 669. The fourth-order valence-electron chi connectivity index (χ4n) is 1.56. The summed E-state index contributed by atoms with van der Waals surface area (Å²) in [6, 6.07) is 4.54. The highest BCUT2D eigenvalue weighted by atomic mass is 35.5. The van der Waals surface area contributed by atoms with Gasteiger partial charge in [-0.3, -0.25) is 9.78 Å². The molecule has 2 N–H and O–H groups in total. The summed E-state index contributed by atoms with van der Waals surface area (Å²) >= 11 is 7.03. The quantitative estimate of drug-likeness (QED) is 0.908. The number of carbonyl (C=O) groups excluding carboxylic acids is 1. The summed E-state index contributed by atoms with van der Waals surface area (Å²) in [7, 11) is 0. The number of pyridine rings is 1. The molecule has 0 spiro atoms. The average Bonchev–Trinajstić information content (AvgIpc) is 2.82. The van der Waals surface area contributed by atoms with Crippen molar-refractivity contribution in [3.05, 3.63) is 45.6 Å². The van der Waals surface area contributed by atoms with E-state index in [1.165, 1.54) is 23.6 Å². The minimum atomic E-state index is -1.07. The Morgan fingerprint density at radius 1 is 1.45 bits per heavy atom. The molecule has 0 radical (unpaired) electrons. The zero-order chi connectivity index (χ0) is 14.7. The third-order valence-corrected chi connectivity index (χ3v) is 3.97. The monoisotopic (exact) mass is 310 g/mol. The molecule has 0 bridgehead atoms. The van der Waals surface area contributed by atoms with Crippen LogP contribution < -0.4 is 5.32 Å². The largest absolute Gasteiger partial charge is 0.478 e. The number of rotatable bonds is 4. The van der Waals surface area contributed by atoms with Crippen molar-refractivity contribution in [2.24, 2.45) is 0 Å². The molecule has 5 nitrogen and oxygen atoms in total. The van der Waals surface area contributed by atoms with Crippen molar-refractivity contribution in [2.75, 3.05) is 5.32 Å². The number of amides is 1. The van der Waals surface area contributed by atoms with Gasteiger partial charge in [0.25, 0.3) is 5.91 Å². The maximum Gasteiger partial charge on any atom is 0.338 e. The van der Waals surface area contributed by atoms with E-state index in [1.807, 2.05) is 6.92 Å². The molecule has 104 valence electrons. The van der Waals surface area contributed by atoms with Gasteiger partial charge in [0, 0.05) is 16.1 Å². The molecule has 2 heterocycles. The summed E-state index contributed by atoms with van der Waals surface area (Å²) in [4.78, 5) is 27.9. The van der Waals surface area contributed by atoms with Gasteiger partial charge in [-0.15, -0.1) is 11.3 Å². The first-order valence-electron chi connectivity index (χ1n) is 5.80. The van der Waals surface area contributed by atoms with E-state index in [0.29, 0.717) is 16.4 Å². The van der Waals surface area contributed by atoms with E-state index < -0.39 is 11.9 Å². The number of hydrogen-bond acceptors (Lipinski definition) is 4. The van der Waals surface area contributed by atoms with Gasteiger partial charge < -0.3 is 10.4 Å². The van der Waals surface area contributed by atoms with Gasteiger partial charge in [0.15, 0.2) is 0 Å². The molecular weight excluding hydrogens is 300 g/mol. The molecule has 0 fully saturated rings. The Morgan fingerprint density at radius 3 is 2.80 bits per heavy atom. The molecule has 0 aliphatic heterocycles. The standard InChI is InChI=1S/C13H11ClN2O3S/c1-2-8-6-9(13(18)19)12(20-8)16-11(17)10-5-7(14)3-4-15-10/h3-6H,2H2,1H3,(H,16,17)(H,18,19). The van der Waals surface area contributed by atoms with Crippen molar-refractivity contribution in [1.82, 2.24) is 4.98 Å². The number of carbonyl (C=O) groups is 2. The Morgan fingerprint density at radius 2 is 2.20 bits per heavy atom. The van der Waals surface area contributed by atoms with Crippen LogP contribution in [0.4, 0.5) is 5.00 Å². The summed E-state index contributed by atoms with van der Waals surface area (Å²) in [5, 5.41) is 12.4. The lowest BCUT2D eigenvalue weighted by molar-refractivity contribution is 0.0698. The number of carboxylic acid groups (broad SMARTS) is 1. The molecule has 0 saturated heterocycles. The maximum atomic E-state index is 12.0. The number of aryl methyl sites for hydroxylation is 1. The Balaban J connectivity index is 2.27. The summed E-state index contributed by atoms with van der Waals surface area (Å²) in [5.74, 6) is -1.56.